The van der Waals surface area contributed by atoms with E-state index < -0.39 is 0 Å². The summed E-state index contributed by atoms with van der Waals surface area (Å²) < 4.78 is 17.0. The number of nitrogens with zero attached hydrogens (tertiary/aromatic N) is 2. The molecule has 28 heavy (non-hydrogen) atoms. The van der Waals surface area contributed by atoms with E-state index in [4.69, 9.17) is 19.9 Å². The molecule has 1 aromatic carbocycles. The number of H-pyrrole nitrogens is 1. The first-order valence-electron chi connectivity index (χ1n) is 9.59. The molecule has 1 atom stereocenters. The second-order valence-electron chi connectivity index (χ2n) is 6.71. The molecule has 0 saturated carbocycles. The summed E-state index contributed by atoms with van der Waals surface area (Å²) in [6.45, 7) is 4.84. The molecule has 0 aliphatic carbocycles. The van der Waals surface area contributed by atoms with Crippen molar-refractivity contribution in [3.8, 4) is 23.4 Å². The zero-order valence-electron chi connectivity index (χ0n) is 16.5. The molecule has 7 nitrogen and oxygen atoms in total. The SMILES string of the molecule is CCCCOc1ccc([C@@H]2C(C#N)=C(N)Oc3n[nH]c(CCC)c32)cc1OC. The Balaban J connectivity index is 2.06. The first-order valence-corrected chi connectivity index (χ1v) is 9.59. The lowest BCUT2D eigenvalue weighted by Crippen LogP contribution is -2.21. The van der Waals surface area contributed by atoms with Crippen LogP contribution in [0.3, 0.4) is 0 Å². The molecule has 0 saturated heterocycles. The van der Waals surface area contributed by atoms with E-state index >= 15 is 0 Å². The van der Waals surface area contributed by atoms with Gasteiger partial charge in [0.1, 0.15) is 11.6 Å². The molecule has 2 heterocycles. The maximum absolute atomic E-state index is 9.75. The lowest BCUT2D eigenvalue weighted by Gasteiger charge is -2.24. The molecule has 0 spiro atoms. The van der Waals surface area contributed by atoms with Gasteiger partial charge in [0.2, 0.25) is 11.8 Å². The number of hydrogen-bond acceptors (Lipinski definition) is 6. The van der Waals surface area contributed by atoms with Crippen LogP contribution in [-0.4, -0.2) is 23.9 Å². The Bertz CT molecular complexity index is 911. The van der Waals surface area contributed by atoms with Crippen molar-refractivity contribution >= 4 is 0 Å². The Kier molecular flexibility index (Phi) is 6.09. The molecule has 3 N–H and O–H groups in total. The van der Waals surface area contributed by atoms with Crippen molar-refractivity contribution in [2.24, 2.45) is 5.73 Å². The molecule has 3 rings (SSSR count). The first kappa shape index (κ1) is 19.6. The van der Waals surface area contributed by atoms with E-state index in [1.807, 2.05) is 18.2 Å². The van der Waals surface area contributed by atoms with Gasteiger partial charge in [-0.25, -0.2) is 0 Å². The van der Waals surface area contributed by atoms with Crippen LogP contribution in [0.1, 0.15) is 55.8 Å². The Morgan fingerprint density at radius 3 is 2.79 bits per heavy atom. The molecular formula is C21H26N4O3. The largest absolute Gasteiger partial charge is 0.493 e. The van der Waals surface area contributed by atoms with Crippen molar-refractivity contribution < 1.29 is 14.2 Å². The van der Waals surface area contributed by atoms with Gasteiger partial charge in [-0.2, -0.15) is 5.26 Å². The van der Waals surface area contributed by atoms with Gasteiger partial charge in [-0.15, -0.1) is 5.10 Å². The van der Waals surface area contributed by atoms with Gasteiger partial charge in [0.15, 0.2) is 11.5 Å². The van der Waals surface area contributed by atoms with Gasteiger partial charge in [-0.05, 0) is 30.5 Å². The van der Waals surface area contributed by atoms with E-state index in [1.54, 1.807) is 7.11 Å². The number of allylic oxidation sites excluding steroid dienone is 1. The predicted molar refractivity (Wildman–Crippen MR) is 105 cm³/mol. The molecule has 1 aliphatic rings. The zero-order valence-corrected chi connectivity index (χ0v) is 16.5. The third-order valence-electron chi connectivity index (χ3n) is 4.79. The van der Waals surface area contributed by atoms with Gasteiger partial charge < -0.3 is 19.9 Å². The van der Waals surface area contributed by atoms with E-state index in [2.05, 4.69) is 30.1 Å². The van der Waals surface area contributed by atoms with Crippen molar-refractivity contribution in [1.82, 2.24) is 10.2 Å². The standard InChI is InChI=1S/C21H26N4O3/c1-4-6-10-27-16-9-8-13(11-17(16)26-3)18-14(12-22)20(23)28-21-19(18)15(7-5-2)24-25-21/h8-9,11,18H,4-7,10,23H2,1-3H3,(H,24,25)/t18-/m1/s1. The van der Waals surface area contributed by atoms with E-state index in [9.17, 15) is 5.26 Å². The highest BCUT2D eigenvalue weighted by atomic mass is 16.5. The van der Waals surface area contributed by atoms with Crippen LogP contribution < -0.4 is 19.9 Å². The highest BCUT2D eigenvalue weighted by Gasteiger charge is 2.35. The van der Waals surface area contributed by atoms with Crippen LogP contribution in [-0.2, 0) is 6.42 Å². The lowest BCUT2D eigenvalue weighted by molar-refractivity contribution is 0.288. The number of aryl methyl sites for hydroxylation is 1. The van der Waals surface area contributed by atoms with Gasteiger partial charge in [0.05, 0.1) is 19.6 Å². The monoisotopic (exact) mass is 382 g/mol. The van der Waals surface area contributed by atoms with Gasteiger partial charge >= 0.3 is 0 Å². The van der Waals surface area contributed by atoms with Crippen molar-refractivity contribution in [3.05, 3.63) is 46.5 Å². The fraction of sp³-hybridized carbons (Fsp3) is 0.429. The number of rotatable bonds is 8. The molecule has 7 heteroatoms. The van der Waals surface area contributed by atoms with E-state index in [0.29, 0.717) is 29.6 Å². The Morgan fingerprint density at radius 2 is 2.11 bits per heavy atom. The molecule has 1 aliphatic heterocycles. The number of nitriles is 1. The van der Waals surface area contributed by atoms with Gasteiger partial charge in [0.25, 0.3) is 0 Å². The highest BCUT2D eigenvalue weighted by molar-refractivity contribution is 5.57. The third kappa shape index (κ3) is 3.63. The van der Waals surface area contributed by atoms with Gasteiger partial charge in [-0.1, -0.05) is 32.8 Å². The quantitative estimate of drug-likeness (QED) is 0.673. The molecule has 0 unspecified atom stereocenters. The van der Waals surface area contributed by atoms with E-state index in [1.165, 1.54) is 0 Å². The van der Waals surface area contributed by atoms with Gasteiger partial charge in [-0.3, -0.25) is 5.10 Å². The zero-order chi connectivity index (χ0) is 20.1. The summed E-state index contributed by atoms with van der Waals surface area (Å²) in [5.74, 6) is 1.44. The summed E-state index contributed by atoms with van der Waals surface area (Å²) in [5.41, 5.74) is 9.07. The van der Waals surface area contributed by atoms with Crippen LogP contribution in [0.2, 0.25) is 0 Å². The van der Waals surface area contributed by atoms with Crippen LogP contribution in [0.25, 0.3) is 0 Å². The minimum Gasteiger partial charge on any atom is -0.493 e. The average molecular weight is 382 g/mol. The number of fused-ring (bicyclic) bond motifs is 1. The van der Waals surface area contributed by atoms with Crippen LogP contribution in [0.4, 0.5) is 0 Å². The van der Waals surface area contributed by atoms with Crippen molar-refractivity contribution in [1.29, 1.82) is 5.26 Å². The number of unbranched alkanes of at least 4 members (excludes halogenated alkanes) is 1. The fourth-order valence-corrected chi connectivity index (χ4v) is 3.39. The normalized spacial score (nSPS) is 15.6. The second kappa shape index (κ2) is 8.70. The molecule has 0 amide bonds. The minimum absolute atomic E-state index is 0.0804. The molecule has 1 aromatic heterocycles. The van der Waals surface area contributed by atoms with Crippen LogP contribution in [0.15, 0.2) is 29.7 Å². The molecule has 0 radical (unpaired) electrons. The number of aromatic nitrogens is 2. The summed E-state index contributed by atoms with van der Waals surface area (Å²) in [7, 11) is 1.61. The topological polar surface area (TPSA) is 106 Å². The number of aromatic amines is 1. The minimum atomic E-state index is -0.368. The lowest BCUT2D eigenvalue weighted by atomic mass is 9.83. The summed E-state index contributed by atoms with van der Waals surface area (Å²) in [5, 5.41) is 17.0. The molecule has 148 valence electrons. The predicted octanol–water partition coefficient (Wildman–Crippen LogP) is 3.77. The Labute approximate surface area is 165 Å². The van der Waals surface area contributed by atoms with Crippen molar-refractivity contribution in [2.75, 3.05) is 13.7 Å². The van der Waals surface area contributed by atoms with Gasteiger partial charge in [0, 0.05) is 11.3 Å². The summed E-state index contributed by atoms with van der Waals surface area (Å²) in [4.78, 5) is 0. The Morgan fingerprint density at radius 1 is 1.29 bits per heavy atom. The molecule has 0 fully saturated rings. The summed E-state index contributed by atoms with van der Waals surface area (Å²) in [6.07, 6.45) is 3.77. The van der Waals surface area contributed by atoms with E-state index in [-0.39, 0.29) is 11.8 Å². The molecule has 0 bridgehead atoms. The maximum atomic E-state index is 9.75. The molecule has 2 aromatic rings. The highest BCUT2D eigenvalue weighted by Crippen LogP contribution is 2.44. The van der Waals surface area contributed by atoms with Crippen LogP contribution in [0, 0.1) is 11.3 Å². The third-order valence-corrected chi connectivity index (χ3v) is 4.79. The first-order chi connectivity index (χ1) is 13.6. The number of ether oxygens (including phenoxy) is 3. The number of nitrogens with two attached hydrogens (primary N) is 1. The fourth-order valence-electron chi connectivity index (χ4n) is 3.39. The van der Waals surface area contributed by atoms with E-state index in [0.717, 1.165) is 42.5 Å². The Hall–Kier alpha value is -3.14. The molecular weight excluding hydrogens is 356 g/mol. The average Bonchev–Trinajstić information content (AvgIpc) is 3.09. The van der Waals surface area contributed by atoms with Crippen molar-refractivity contribution in [2.45, 2.75) is 45.4 Å². The number of hydrogen-bond donors (Lipinski definition) is 2. The van der Waals surface area contributed by atoms with Crippen molar-refractivity contribution in [3.63, 3.8) is 0 Å². The smallest absolute Gasteiger partial charge is 0.244 e. The number of methoxy groups -OCH3 is 1. The summed E-state index contributed by atoms with van der Waals surface area (Å²) in [6, 6.07) is 7.93. The van der Waals surface area contributed by atoms with Crippen LogP contribution >= 0.6 is 0 Å². The number of nitrogens with one attached hydrogen (secondary N) is 1. The number of benzene rings is 1. The summed E-state index contributed by atoms with van der Waals surface area (Å²) >= 11 is 0. The maximum Gasteiger partial charge on any atom is 0.244 e. The second-order valence-corrected chi connectivity index (χ2v) is 6.71. The van der Waals surface area contributed by atoms with Crippen LogP contribution in [0.5, 0.6) is 17.4 Å².